The number of nitro benzene ring substituents is 1. The van der Waals surface area contributed by atoms with Crippen molar-refractivity contribution in [3.63, 3.8) is 0 Å². The molecule has 1 heterocycles. The number of aromatic nitrogens is 2. The van der Waals surface area contributed by atoms with Crippen LogP contribution in [0.3, 0.4) is 0 Å². The molecule has 0 saturated carbocycles. The first-order valence-corrected chi connectivity index (χ1v) is 8.36. The minimum Gasteiger partial charge on any atom is -0.321 e. The lowest BCUT2D eigenvalue weighted by molar-refractivity contribution is -0.385. The molecule has 0 unspecified atom stereocenters. The van der Waals surface area contributed by atoms with E-state index >= 15 is 0 Å². The lowest BCUT2D eigenvalue weighted by Gasteiger charge is -2.09. The van der Waals surface area contributed by atoms with Gasteiger partial charge in [-0.15, -0.1) is 0 Å². The molecule has 0 bridgehead atoms. The fraction of sp³-hybridized carbons (Fsp3) is 0. The average molecular weight is 413 g/mol. The summed E-state index contributed by atoms with van der Waals surface area (Å²) in [5.41, 5.74) is 1.57. The van der Waals surface area contributed by atoms with Gasteiger partial charge in [-0.2, -0.15) is 5.10 Å². The summed E-state index contributed by atoms with van der Waals surface area (Å²) in [5, 5.41) is 18.0. The zero-order valence-corrected chi connectivity index (χ0v) is 15.0. The van der Waals surface area contributed by atoms with Gasteiger partial charge in [-0.1, -0.05) is 24.3 Å². The van der Waals surface area contributed by atoms with E-state index in [1.807, 2.05) is 12.1 Å². The van der Waals surface area contributed by atoms with E-state index < -0.39 is 10.8 Å². The van der Waals surface area contributed by atoms with E-state index in [1.54, 1.807) is 47.4 Å². The number of hydrogen-bond acceptors (Lipinski definition) is 4. The Bertz CT molecular complexity index is 997. The highest BCUT2D eigenvalue weighted by molar-refractivity contribution is 9.10. The van der Waals surface area contributed by atoms with E-state index in [0.29, 0.717) is 16.9 Å². The van der Waals surface area contributed by atoms with Crippen molar-refractivity contribution in [1.82, 2.24) is 9.78 Å². The number of anilines is 1. The maximum Gasteiger partial charge on any atom is 0.276 e. The summed E-state index contributed by atoms with van der Waals surface area (Å²) in [5.74, 6) is -0.401. The zero-order valence-electron chi connectivity index (χ0n) is 13.4. The number of benzene rings is 2. The molecule has 1 amide bonds. The second kappa shape index (κ2) is 7.75. The molecule has 3 rings (SSSR count). The third-order valence-electron chi connectivity index (χ3n) is 3.51. The van der Waals surface area contributed by atoms with Crippen molar-refractivity contribution >= 4 is 39.3 Å². The van der Waals surface area contributed by atoms with Gasteiger partial charge >= 0.3 is 0 Å². The minimum absolute atomic E-state index is 0.0571. The van der Waals surface area contributed by atoms with Crippen LogP contribution in [0.15, 0.2) is 71.5 Å². The summed E-state index contributed by atoms with van der Waals surface area (Å²) < 4.78 is 2.45. The molecule has 1 N–H and O–H groups in total. The van der Waals surface area contributed by atoms with Gasteiger partial charge in [0, 0.05) is 18.3 Å². The fourth-order valence-electron chi connectivity index (χ4n) is 2.35. The topological polar surface area (TPSA) is 90.1 Å². The van der Waals surface area contributed by atoms with Crippen molar-refractivity contribution < 1.29 is 9.72 Å². The van der Waals surface area contributed by atoms with E-state index in [9.17, 15) is 14.9 Å². The summed E-state index contributed by atoms with van der Waals surface area (Å²) in [6.07, 6.45) is 6.10. The lowest BCUT2D eigenvalue weighted by atomic mass is 10.1. The zero-order chi connectivity index (χ0) is 18.5. The van der Waals surface area contributed by atoms with Crippen molar-refractivity contribution in [3.05, 3.63) is 87.2 Å². The third-order valence-corrected chi connectivity index (χ3v) is 3.92. The van der Waals surface area contributed by atoms with Crippen LogP contribution < -0.4 is 5.32 Å². The van der Waals surface area contributed by atoms with Crippen molar-refractivity contribution in [1.29, 1.82) is 0 Å². The van der Waals surface area contributed by atoms with Crippen LogP contribution in [0.25, 0.3) is 11.8 Å². The number of nitrogens with zero attached hydrogens (tertiary/aromatic N) is 3. The van der Waals surface area contributed by atoms with Crippen LogP contribution in [0.1, 0.15) is 5.56 Å². The van der Waals surface area contributed by atoms with Gasteiger partial charge in [0.15, 0.2) is 0 Å². The normalized spacial score (nSPS) is 10.8. The Labute approximate surface area is 157 Å². The highest BCUT2D eigenvalue weighted by Crippen LogP contribution is 2.22. The number of carbonyl (C=O) groups is 1. The van der Waals surface area contributed by atoms with Crippen LogP contribution in [0, 0.1) is 10.1 Å². The van der Waals surface area contributed by atoms with Crippen molar-refractivity contribution in [3.8, 4) is 5.69 Å². The van der Waals surface area contributed by atoms with E-state index in [1.165, 1.54) is 18.2 Å². The van der Waals surface area contributed by atoms with E-state index in [0.717, 1.165) is 4.47 Å². The molecule has 3 aromatic rings. The molecule has 0 saturated heterocycles. The standard InChI is InChI=1S/C18H13BrN4O3/c19-14-11-20-22(12-14)17-8-4-2-6-15(17)21-18(24)10-9-13-5-1-3-7-16(13)23(25)26/h1-12H,(H,21,24). The molecule has 0 aliphatic carbocycles. The van der Waals surface area contributed by atoms with Gasteiger partial charge in [-0.3, -0.25) is 14.9 Å². The highest BCUT2D eigenvalue weighted by atomic mass is 79.9. The maximum atomic E-state index is 12.2. The van der Waals surface area contributed by atoms with Gasteiger partial charge in [0.2, 0.25) is 5.91 Å². The van der Waals surface area contributed by atoms with Crippen LogP contribution in [0.2, 0.25) is 0 Å². The summed E-state index contributed by atoms with van der Waals surface area (Å²) in [7, 11) is 0. The first kappa shape index (κ1) is 17.6. The molecule has 0 atom stereocenters. The predicted octanol–water partition coefficient (Wildman–Crippen LogP) is 4.19. The van der Waals surface area contributed by atoms with Crippen LogP contribution in [0.5, 0.6) is 0 Å². The maximum absolute atomic E-state index is 12.2. The Morgan fingerprint density at radius 2 is 1.92 bits per heavy atom. The number of amides is 1. The second-order valence-corrected chi connectivity index (χ2v) is 6.17. The van der Waals surface area contributed by atoms with Crippen molar-refractivity contribution in [2.24, 2.45) is 0 Å². The smallest absolute Gasteiger partial charge is 0.276 e. The van der Waals surface area contributed by atoms with Crippen LogP contribution in [-0.2, 0) is 4.79 Å². The van der Waals surface area contributed by atoms with Crippen molar-refractivity contribution in [2.75, 3.05) is 5.32 Å². The van der Waals surface area contributed by atoms with Crippen molar-refractivity contribution in [2.45, 2.75) is 0 Å². The largest absolute Gasteiger partial charge is 0.321 e. The number of rotatable bonds is 5. The lowest BCUT2D eigenvalue weighted by Crippen LogP contribution is -2.10. The Hall–Kier alpha value is -3.26. The Kier molecular flexibility index (Phi) is 5.23. The molecule has 0 aliphatic heterocycles. The summed E-state index contributed by atoms with van der Waals surface area (Å²) in [4.78, 5) is 22.8. The van der Waals surface area contributed by atoms with Gasteiger partial charge in [0.25, 0.3) is 5.69 Å². The molecule has 0 radical (unpaired) electrons. The molecule has 26 heavy (non-hydrogen) atoms. The molecular formula is C18H13BrN4O3. The van der Waals surface area contributed by atoms with Gasteiger partial charge in [-0.05, 0) is 40.2 Å². The molecule has 8 heteroatoms. The average Bonchev–Trinajstić information content (AvgIpc) is 3.07. The molecule has 2 aromatic carbocycles. The van der Waals surface area contributed by atoms with Crippen LogP contribution in [0.4, 0.5) is 11.4 Å². The third kappa shape index (κ3) is 4.04. The second-order valence-electron chi connectivity index (χ2n) is 5.26. The Morgan fingerprint density at radius 1 is 1.19 bits per heavy atom. The van der Waals surface area contributed by atoms with Crippen LogP contribution >= 0.6 is 15.9 Å². The molecule has 0 fully saturated rings. The first-order valence-electron chi connectivity index (χ1n) is 7.56. The minimum atomic E-state index is -0.484. The SMILES string of the molecule is O=C(C=Cc1ccccc1[N+](=O)[O-])Nc1ccccc1-n1cc(Br)cn1. The number of carbonyl (C=O) groups excluding carboxylic acids is 1. The number of halogens is 1. The van der Waals surface area contributed by atoms with Gasteiger partial charge in [0.05, 0.1) is 32.5 Å². The summed E-state index contributed by atoms with van der Waals surface area (Å²) in [6, 6.07) is 13.4. The molecular weight excluding hydrogens is 400 g/mol. The van der Waals surface area contributed by atoms with E-state index in [4.69, 9.17) is 0 Å². The molecule has 0 spiro atoms. The Morgan fingerprint density at radius 3 is 2.65 bits per heavy atom. The van der Waals surface area contributed by atoms with E-state index in [2.05, 4.69) is 26.3 Å². The van der Waals surface area contributed by atoms with Gasteiger partial charge in [0.1, 0.15) is 0 Å². The Balaban J connectivity index is 1.81. The van der Waals surface area contributed by atoms with E-state index in [-0.39, 0.29) is 5.69 Å². The van der Waals surface area contributed by atoms with Gasteiger partial charge in [-0.25, -0.2) is 4.68 Å². The summed E-state index contributed by atoms with van der Waals surface area (Å²) in [6.45, 7) is 0. The van der Waals surface area contributed by atoms with Crippen LogP contribution in [-0.4, -0.2) is 20.6 Å². The fourth-order valence-corrected chi connectivity index (χ4v) is 2.63. The monoisotopic (exact) mass is 412 g/mol. The number of nitrogens with one attached hydrogen (secondary N) is 1. The number of para-hydroxylation sites is 3. The predicted molar refractivity (Wildman–Crippen MR) is 102 cm³/mol. The first-order chi connectivity index (χ1) is 12.5. The number of nitro groups is 1. The van der Waals surface area contributed by atoms with Gasteiger partial charge < -0.3 is 5.32 Å². The molecule has 130 valence electrons. The highest BCUT2D eigenvalue weighted by Gasteiger charge is 2.11. The number of hydrogen-bond donors (Lipinski definition) is 1. The quantitative estimate of drug-likeness (QED) is 0.386. The molecule has 1 aromatic heterocycles. The summed E-state index contributed by atoms with van der Waals surface area (Å²) >= 11 is 3.34. The molecule has 0 aliphatic rings. The molecule has 7 nitrogen and oxygen atoms in total.